The van der Waals surface area contributed by atoms with Crippen LogP contribution in [0.25, 0.3) is 0 Å². The number of carbonyl (C=O) groups excluding carboxylic acids is 2. The molecule has 6 nitrogen and oxygen atoms in total. The van der Waals surface area contributed by atoms with Crippen LogP contribution in [0.4, 0.5) is 10.1 Å². The van der Waals surface area contributed by atoms with Crippen LogP contribution in [0.3, 0.4) is 0 Å². The summed E-state index contributed by atoms with van der Waals surface area (Å²) in [5, 5.41) is 14.4. The predicted molar refractivity (Wildman–Crippen MR) is 111 cm³/mol. The Morgan fingerprint density at radius 2 is 1.97 bits per heavy atom. The molecule has 2 aromatic rings. The van der Waals surface area contributed by atoms with Gasteiger partial charge in [-0.15, -0.1) is 0 Å². The Hall–Kier alpha value is -3.27. The second-order valence-electron chi connectivity index (χ2n) is 8.81. The molecule has 1 aliphatic rings. The molecule has 2 amide bonds. The van der Waals surface area contributed by atoms with Gasteiger partial charge in [0, 0.05) is 11.9 Å². The van der Waals surface area contributed by atoms with Gasteiger partial charge in [-0.1, -0.05) is 26.8 Å². The van der Waals surface area contributed by atoms with E-state index in [2.05, 4.69) is 21.7 Å². The Morgan fingerprint density at radius 3 is 2.57 bits per heavy atom. The molecule has 0 saturated heterocycles. The van der Waals surface area contributed by atoms with Gasteiger partial charge in [-0.2, -0.15) is 5.26 Å². The van der Waals surface area contributed by atoms with Crippen LogP contribution in [-0.4, -0.2) is 22.3 Å². The summed E-state index contributed by atoms with van der Waals surface area (Å²) in [6, 6.07) is 8.27. The number of nitrogens with zero attached hydrogens (tertiary/aromatic N) is 2. The lowest BCUT2D eigenvalue weighted by atomic mass is 9.83. The molecule has 30 heavy (non-hydrogen) atoms. The Labute approximate surface area is 175 Å². The number of aryl methyl sites for hydroxylation is 1. The smallest absolute Gasteiger partial charge is 0.271 e. The number of halogens is 1. The fraction of sp³-hybridized carbons (Fsp3) is 0.391. The van der Waals surface area contributed by atoms with Crippen LogP contribution in [0.2, 0.25) is 0 Å². The Morgan fingerprint density at radius 1 is 1.27 bits per heavy atom. The highest BCUT2D eigenvalue weighted by Gasteiger charge is 2.44. The van der Waals surface area contributed by atoms with Crippen molar-refractivity contribution in [2.75, 3.05) is 5.32 Å². The van der Waals surface area contributed by atoms with Gasteiger partial charge in [0.1, 0.15) is 17.1 Å². The van der Waals surface area contributed by atoms with E-state index in [-0.39, 0.29) is 17.5 Å². The first kappa shape index (κ1) is 21.4. The summed E-state index contributed by atoms with van der Waals surface area (Å²) in [7, 11) is 0. The van der Waals surface area contributed by atoms with E-state index in [9.17, 15) is 14.0 Å². The Balaban J connectivity index is 1.69. The fourth-order valence-corrected chi connectivity index (χ4v) is 3.37. The molecule has 0 radical (unpaired) electrons. The third-order valence-electron chi connectivity index (χ3n) is 5.15. The molecule has 2 N–H and O–H groups in total. The number of nitrogens with one attached hydrogen (secondary N) is 2. The first-order chi connectivity index (χ1) is 14.0. The number of hydrogen-bond acceptors (Lipinski definition) is 4. The van der Waals surface area contributed by atoms with Gasteiger partial charge >= 0.3 is 0 Å². The number of amides is 2. The molecule has 0 bridgehead atoms. The quantitative estimate of drug-likeness (QED) is 0.787. The van der Waals surface area contributed by atoms with Crippen molar-refractivity contribution in [3.63, 3.8) is 0 Å². The monoisotopic (exact) mass is 408 g/mol. The van der Waals surface area contributed by atoms with Crippen molar-refractivity contribution < 1.29 is 14.0 Å². The lowest BCUT2D eigenvalue weighted by molar-refractivity contribution is -0.115. The maximum Gasteiger partial charge on any atom is 0.271 e. The van der Waals surface area contributed by atoms with E-state index in [1.807, 2.05) is 27.7 Å². The maximum absolute atomic E-state index is 14.6. The summed E-state index contributed by atoms with van der Waals surface area (Å²) in [5.41, 5.74) is 1.64. The number of anilines is 1. The molecule has 0 spiro atoms. The van der Waals surface area contributed by atoms with Crippen LogP contribution in [0.1, 0.15) is 60.8 Å². The van der Waals surface area contributed by atoms with Gasteiger partial charge in [-0.05, 0) is 60.1 Å². The maximum atomic E-state index is 14.6. The normalized spacial score (nSPS) is 14.5. The molecular formula is C23H25FN4O2. The molecule has 0 atom stereocenters. The summed E-state index contributed by atoms with van der Waals surface area (Å²) >= 11 is 0. The zero-order valence-corrected chi connectivity index (χ0v) is 17.6. The Kier molecular flexibility index (Phi) is 5.62. The molecule has 156 valence electrons. The fourth-order valence-electron chi connectivity index (χ4n) is 3.37. The van der Waals surface area contributed by atoms with Crippen LogP contribution >= 0.6 is 0 Å². The van der Waals surface area contributed by atoms with Crippen molar-refractivity contribution in [2.24, 2.45) is 0 Å². The highest BCUT2D eigenvalue weighted by molar-refractivity contribution is 5.96. The third-order valence-corrected chi connectivity index (χ3v) is 5.15. The van der Waals surface area contributed by atoms with E-state index in [1.54, 1.807) is 12.1 Å². The summed E-state index contributed by atoms with van der Waals surface area (Å²) in [5.74, 6) is -1.28. The van der Waals surface area contributed by atoms with Gasteiger partial charge in [0.05, 0.1) is 12.5 Å². The zero-order chi connectivity index (χ0) is 22.1. The second kappa shape index (κ2) is 7.86. The molecule has 1 aromatic carbocycles. The molecule has 7 heteroatoms. The molecule has 1 saturated carbocycles. The number of hydrogen-bond donors (Lipinski definition) is 2. The molecule has 1 aromatic heterocycles. The highest BCUT2D eigenvalue weighted by Crippen LogP contribution is 2.34. The predicted octanol–water partition coefficient (Wildman–Crippen LogP) is 3.79. The molecule has 0 unspecified atom stereocenters. The molecule has 0 aliphatic heterocycles. The van der Waals surface area contributed by atoms with Gasteiger partial charge in [0.2, 0.25) is 5.91 Å². The van der Waals surface area contributed by atoms with E-state index in [1.165, 1.54) is 18.3 Å². The van der Waals surface area contributed by atoms with Gasteiger partial charge in [-0.3, -0.25) is 14.6 Å². The van der Waals surface area contributed by atoms with Crippen LogP contribution in [0.5, 0.6) is 0 Å². The van der Waals surface area contributed by atoms with Crippen molar-refractivity contribution in [3.05, 3.63) is 58.7 Å². The first-order valence-electron chi connectivity index (χ1n) is 9.82. The van der Waals surface area contributed by atoms with Crippen molar-refractivity contribution in [3.8, 4) is 6.07 Å². The van der Waals surface area contributed by atoms with E-state index in [0.717, 1.165) is 11.1 Å². The summed E-state index contributed by atoms with van der Waals surface area (Å²) in [4.78, 5) is 28.8. The van der Waals surface area contributed by atoms with Crippen LogP contribution in [-0.2, 0) is 16.6 Å². The van der Waals surface area contributed by atoms with Crippen molar-refractivity contribution >= 4 is 17.5 Å². The van der Waals surface area contributed by atoms with Gasteiger partial charge in [0.15, 0.2) is 0 Å². The van der Waals surface area contributed by atoms with Gasteiger partial charge in [-0.25, -0.2) is 4.39 Å². The topological polar surface area (TPSA) is 94.9 Å². The third kappa shape index (κ3) is 4.82. The average molecular weight is 408 g/mol. The number of benzene rings is 1. The molecule has 1 aliphatic carbocycles. The van der Waals surface area contributed by atoms with Gasteiger partial charge < -0.3 is 10.6 Å². The second-order valence-corrected chi connectivity index (χ2v) is 8.81. The molecule has 1 heterocycles. The summed E-state index contributed by atoms with van der Waals surface area (Å²) < 4.78 is 14.6. The lowest BCUT2D eigenvalue weighted by Crippen LogP contribution is -2.36. The number of pyridine rings is 1. The van der Waals surface area contributed by atoms with E-state index in [0.29, 0.717) is 24.1 Å². The minimum absolute atomic E-state index is 0.103. The SMILES string of the molecule is Cc1cc(CC(=O)Nc2ccnc(C(=O)NC3(C#N)CC3)c2)c(F)cc1C(C)(C)C. The average Bonchev–Trinajstić information content (AvgIpc) is 3.43. The van der Waals surface area contributed by atoms with Crippen LogP contribution < -0.4 is 10.6 Å². The molecule has 3 rings (SSSR count). The zero-order valence-electron chi connectivity index (χ0n) is 17.6. The van der Waals surface area contributed by atoms with Crippen molar-refractivity contribution in [1.29, 1.82) is 5.26 Å². The summed E-state index contributed by atoms with van der Waals surface area (Å²) in [6.07, 6.45) is 2.51. The van der Waals surface area contributed by atoms with Crippen LogP contribution in [0, 0.1) is 24.1 Å². The number of rotatable bonds is 5. The number of aromatic nitrogens is 1. The van der Waals surface area contributed by atoms with Crippen LogP contribution in [0.15, 0.2) is 30.5 Å². The number of carbonyl (C=O) groups is 2. The summed E-state index contributed by atoms with van der Waals surface area (Å²) in [6.45, 7) is 7.95. The van der Waals surface area contributed by atoms with Crippen molar-refractivity contribution in [1.82, 2.24) is 10.3 Å². The first-order valence-corrected chi connectivity index (χ1v) is 9.82. The van der Waals surface area contributed by atoms with E-state index in [4.69, 9.17) is 5.26 Å². The van der Waals surface area contributed by atoms with E-state index >= 15 is 0 Å². The molecule has 1 fully saturated rings. The minimum atomic E-state index is -0.799. The number of nitriles is 1. The standard InChI is InChI=1S/C23H25FN4O2/c1-14-9-15(18(24)12-17(14)22(2,3)4)10-20(29)27-16-5-8-26-19(11-16)21(30)28-23(13-25)6-7-23/h5,8-9,11-12H,6-7,10H2,1-4H3,(H,28,30)(H,26,27,29). The molecular weight excluding hydrogens is 383 g/mol. The van der Waals surface area contributed by atoms with Crippen molar-refractivity contribution in [2.45, 2.75) is 57.9 Å². The van der Waals surface area contributed by atoms with E-state index < -0.39 is 23.2 Å². The minimum Gasteiger partial charge on any atom is -0.332 e. The Bertz CT molecular complexity index is 1050. The van der Waals surface area contributed by atoms with Gasteiger partial charge in [0.25, 0.3) is 5.91 Å². The highest BCUT2D eigenvalue weighted by atomic mass is 19.1. The lowest BCUT2D eigenvalue weighted by Gasteiger charge is -2.22. The largest absolute Gasteiger partial charge is 0.332 e.